The van der Waals surface area contributed by atoms with Crippen molar-refractivity contribution in [3.8, 4) is 17.2 Å². The van der Waals surface area contributed by atoms with Crippen molar-refractivity contribution in [1.29, 1.82) is 0 Å². The van der Waals surface area contributed by atoms with Crippen LogP contribution in [0.25, 0.3) is 6.08 Å². The predicted molar refractivity (Wildman–Crippen MR) is 162 cm³/mol. The Balaban J connectivity index is 1.44. The Kier molecular flexibility index (Phi) is 9.67. The largest absolute Gasteiger partial charge is 0.493 e. The van der Waals surface area contributed by atoms with E-state index in [1.807, 2.05) is 57.1 Å². The third-order valence-corrected chi connectivity index (χ3v) is 8.63. The molecule has 0 saturated carbocycles. The van der Waals surface area contributed by atoms with Gasteiger partial charge in [-0.3, -0.25) is 5.73 Å². The van der Waals surface area contributed by atoms with E-state index < -0.39 is 24.7 Å². The summed E-state index contributed by atoms with van der Waals surface area (Å²) in [6, 6.07) is 9.19. The van der Waals surface area contributed by atoms with Gasteiger partial charge in [0.25, 0.3) is 6.71 Å². The fraction of sp³-hybridized carbons (Fsp3) is 0.484. The fourth-order valence-corrected chi connectivity index (χ4v) is 6.32. The smallest absolute Gasteiger partial charge is 0.289 e. The number of ether oxygens (including phenoxy) is 4. The number of aryl methyl sites for hydroxylation is 1. The Morgan fingerprint density at radius 1 is 1.15 bits per heavy atom. The standard InChI is InChI=1S/C31H41B2NO7/c1-6-11-21-17-24(31(34,37)38-5)18-22(12-7-2)27(21)39-16-10-9-15-33-28(35)30(8-3,32(4)29(33)36)23-13-14-25-26(19-23)41-20-40-25/h6,11,13-14,17-19,37H,7-10,12,15-16,20,34H2,1-5H3/b11-6+. The summed E-state index contributed by atoms with van der Waals surface area (Å²) in [5, 5.41) is 9.62. The minimum atomic E-state index is -1.90. The zero-order valence-electron chi connectivity index (χ0n) is 24.8. The molecule has 2 heterocycles. The summed E-state index contributed by atoms with van der Waals surface area (Å²) in [6.45, 7) is 7.41. The average Bonchev–Trinajstić information content (AvgIpc) is 3.50. The molecule has 0 amide bonds. The van der Waals surface area contributed by atoms with Gasteiger partial charge in [-0.25, -0.2) is 0 Å². The molecule has 2 aromatic carbocycles. The summed E-state index contributed by atoms with van der Waals surface area (Å²) >= 11 is 0. The summed E-state index contributed by atoms with van der Waals surface area (Å²) < 4.78 is 22.4. The van der Waals surface area contributed by atoms with E-state index in [-0.39, 0.29) is 18.1 Å². The van der Waals surface area contributed by atoms with E-state index in [2.05, 4.69) is 6.92 Å². The number of carbonyl (C=O) groups is 2. The van der Waals surface area contributed by atoms with Crippen LogP contribution in [-0.2, 0) is 27.2 Å². The van der Waals surface area contributed by atoms with Crippen molar-refractivity contribution in [1.82, 2.24) is 0 Å². The van der Waals surface area contributed by atoms with Gasteiger partial charge in [-0.2, -0.15) is 0 Å². The molecule has 10 heteroatoms. The van der Waals surface area contributed by atoms with E-state index in [4.69, 9.17) is 24.7 Å². The molecule has 0 bridgehead atoms. The molecule has 2 unspecified atom stereocenters. The highest BCUT2D eigenvalue weighted by atomic mass is 16.7. The molecule has 1 fully saturated rings. The number of allylic oxidation sites excluding steroid dienone is 1. The average molecular weight is 561 g/mol. The van der Waals surface area contributed by atoms with Gasteiger partial charge in [0.2, 0.25) is 19.4 Å². The summed E-state index contributed by atoms with van der Waals surface area (Å²) in [5.74, 6) is 0.126. The summed E-state index contributed by atoms with van der Waals surface area (Å²) in [6.07, 6.45) is 7.87. The molecule has 2 aromatic rings. The van der Waals surface area contributed by atoms with Crippen molar-refractivity contribution >= 4 is 30.8 Å². The second kappa shape index (κ2) is 12.8. The number of aliphatic hydroxyl groups is 1. The van der Waals surface area contributed by atoms with Gasteiger partial charge in [0.05, 0.1) is 12.2 Å². The van der Waals surface area contributed by atoms with Crippen LogP contribution in [0.3, 0.4) is 0 Å². The first-order valence-corrected chi connectivity index (χ1v) is 14.6. The lowest BCUT2D eigenvalue weighted by Gasteiger charge is -2.30. The van der Waals surface area contributed by atoms with Crippen molar-refractivity contribution < 1.29 is 33.6 Å². The molecule has 3 N–H and O–H groups in total. The van der Waals surface area contributed by atoms with Crippen LogP contribution in [0.4, 0.5) is 4.79 Å². The van der Waals surface area contributed by atoms with Gasteiger partial charge < -0.3 is 33.6 Å². The Bertz CT molecular complexity index is 1310. The van der Waals surface area contributed by atoms with E-state index in [1.165, 1.54) is 7.11 Å². The molecule has 0 spiro atoms. The van der Waals surface area contributed by atoms with Crippen molar-refractivity contribution in [3.63, 3.8) is 0 Å². The summed E-state index contributed by atoms with van der Waals surface area (Å²) in [4.78, 5) is 27.3. The zero-order valence-corrected chi connectivity index (χ0v) is 24.8. The molecule has 0 radical (unpaired) electrons. The highest BCUT2D eigenvalue weighted by Gasteiger charge is 2.60. The highest BCUT2D eigenvalue weighted by Crippen LogP contribution is 2.44. The van der Waals surface area contributed by atoms with Crippen molar-refractivity contribution in [3.05, 3.63) is 58.7 Å². The number of fused-ring (bicyclic) bond motifs is 1. The molecule has 41 heavy (non-hydrogen) atoms. The third-order valence-electron chi connectivity index (χ3n) is 8.63. The van der Waals surface area contributed by atoms with E-state index in [0.717, 1.165) is 35.3 Å². The summed E-state index contributed by atoms with van der Waals surface area (Å²) in [7, 11) is 1.36. The topological polar surface area (TPSA) is 117 Å². The van der Waals surface area contributed by atoms with Gasteiger partial charge >= 0.3 is 0 Å². The van der Waals surface area contributed by atoms with Crippen LogP contribution in [0.1, 0.15) is 68.7 Å². The molecule has 0 aliphatic carbocycles. The van der Waals surface area contributed by atoms with Crippen molar-refractivity contribution in [2.24, 2.45) is 5.73 Å². The predicted octanol–water partition coefficient (Wildman–Crippen LogP) is 5.18. The van der Waals surface area contributed by atoms with Crippen LogP contribution < -0.4 is 19.9 Å². The molecule has 2 atom stereocenters. The van der Waals surface area contributed by atoms with Crippen molar-refractivity contribution in [2.75, 3.05) is 20.5 Å². The lowest BCUT2D eigenvalue weighted by Crippen LogP contribution is -2.44. The maximum absolute atomic E-state index is 13.9. The number of rotatable bonds is 13. The number of unbranched alkanes of at least 4 members (excludes halogenated alkanes) is 1. The van der Waals surface area contributed by atoms with Crippen LogP contribution in [-0.4, -0.2) is 50.3 Å². The first-order chi connectivity index (χ1) is 19.6. The molecule has 1 saturated heterocycles. The quantitative estimate of drug-likeness (QED) is 0.195. The molecule has 4 rings (SSSR count). The lowest BCUT2D eigenvalue weighted by molar-refractivity contribution is -0.189. The maximum atomic E-state index is 13.9. The minimum Gasteiger partial charge on any atom is -0.493 e. The first kappa shape index (κ1) is 30.9. The van der Waals surface area contributed by atoms with Crippen LogP contribution in [0.15, 0.2) is 36.4 Å². The van der Waals surface area contributed by atoms with Crippen LogP contribution >= 0.6 is 0 Å². The molecule has 2 aliphatic rings. The van der Waals surface area contributed by atoms with E-state index in [0.29, 0.717) is 49.3 Å². The normalized spacial score (nSPS) is 19.9. The highest BCUT2D eigenvalue weighted by molar-refractivity contribution is 7.36. The van der Waals surface area contributed by atoms with Crippen LogP contribution in [0, 0.1) is 0 Å². The first-order valence-electron chi connectivity index (χ1n) is 14.6. The van der Waals surface area contributed by atoms with Gasteiger partial charge in [-0.15, -0.1) is 0 Å². The Labute approximate surface area is 243 Å². The number of benzene rings is 2. The third kappa shape index (κ3) is 5.83. The van der Waals surface area contributed by atoms with Crippen molar-refractivity contribution in [2.45, 2.75) is 77.2 Å². The molecule has 2 aliphatic heterocycles. The monoisotopic (exact) mass is 561 g/mol. The van der Waals surface area contributed by atoms with Crippen LogP contribution in [0.5, 0.6) is 17.2 Å². The van der Waals surface area contributed by atoms with E-state index in [9.17, 15) is 14.7 Å². The Morgan fingerprint density at radius 3 is 2.59 bits per heavy atom. The number of carbonyl (C=O) groups excluding carboxylic acids is 2. The van der Waals surface area contributed by atoms with Gasteiger partial charge in [0.15, 0.2) is 11.5 Å². The number of hydrogen-bond acceptors (Lipinski definition) is 8. The molecule has 8 nitrogen and oxygen atoms in total. The number of nitrogens with two attached hydrogens (primary N) is 1. The summed E-state index contributed by atoms with van der Waals surface area (Å²) in [5.41, 5.74) is 8.97. The van der Waals surface area contributed by atoms with Crippen LogP contribution in [0.2, 0.25) is 13.1 Å². The second-order valence-corrected chi connectivity index (χ2v) is 11.0. The van der Waals surface area contributed by atoms with Gasteiger partial charge in [-0.1, -0.05) is 58.1 Å². The zero-order chi connectivity index (χ0) is 29.8. The minimum absolute atomic E-state index is 0.000822. The Morgan fingerprint density at radius 2 is 1.90 bits per heavy atom. The van der Waals surface area contributed by atoms with E-state index >= 15 is 0 Å². The molecular weight excluding hydrogens is 520 g/mol. The molecule has 218 valence electrons. The number of hydrogen-bond donors (Lipinski definition) is 2. The van der Waals surface area contributed by atoms with Gasteiger partial charge in [0, 0.05) is 23.6 Å². The maximum Gasteiger partial charge on any atom is 0.289 e. The van der Waals surface area contributed by atoms with Gasteiger partial charge in [-0.05, 0) is 61.6 Å². The fourth-order valence-electron chi connectivity index (χ4n) is 6.32. The van der Waals surface area contributed by atoms with Gasteiger partial charge in [0.1, 0.15) is 11.4 Å². The lowest BCUT2D eigenvalue weighted by atomic mass is 9.30. The Hall–Kier alpha value is -3.07. The molecular formula is C31H41B2NO7. The number of methoxy groups -OCH3 is 1. The SMILES string of the molecule is C/C=C/c1cc(C(N)(O)OC)cc(CCC)c1OCCCCB1C(=O)B(C)C(CC)(c2ccc3c(c2)OCO3)C1=O. The molecule has 0 aromatic heterocycles. The second-order valence-electron chi connectivity index (χ2n) is 11.0. The van der Waals surface area contributed by atoms with E-state index in [1.54, 1.807) is 6.07 Å².